The van der Waals surface area contributed by atoms with Crippen LogP contribution in [0.15, 0.2) is 23.1 Å². The van der Waals surface area contributed by atoms with Crippen molar-refractivity contribution < 1.29 is 18.0 Å². The minimum atomic E-state index is -4.06. The molecule has 4 N–H and O–H groups in total. The monoisotopic (exact) mass is 487 g/mol. The highest BCUT2D eigenvalue weighted by Gasteiger charge is 2.58. The number of hydrogen-bond donors (Lipinski definition) is 3. The van der Waals surface area contributed by atoms with Crippen molar-refractivity contribution in [3.05, 3.63) is 28.2 Å². The summed E-state index contributed by atoms with van der Waals surface area (Å²) in [6, 6.07) is 3.99. The highest BCUT2D eigenvalue weighted by Crippen LogP contribution is 2.59. The van der Waals surface area contributed by atoms with Gasteiger partial charge in [0, 0.05) is 16.5 Å². The van der Waals surface area contributed by atoms with Crippen molar-refractivity contribution in [1.82, 2.24) is 10.0 Å². The van der Waals surface area contributed by atoms with Crippen molar-refractivity contribution in [1.29, 1.82) is 0 Å². The van der Waals surface area contributed by atoms with Gasteiger partial charge in [-0.25, -0.2) is 8.42 Å². The third kappa shape index (κ3) is 4.08. The summed E-state index contributed by atoms with van der Waals surface area (Å²) in [5.74, 6) is 0.190. The number of halogens is 2. The summed E-state index contributed by atoms with van der Waals surface area (Å²) >= 11 is 11.9. The molecule has 4 saturated carbocycles. The third-order valence-electron chi connectivity index (χ3n) is 7.23. The number of sulfonamides is 1. The molecule has 31 heavy (non-hydrogen) atoms. The van der Waals surface area contributed by atoms with Crippen LogP contribution >= 0.6 is 23.2 Å². The fraction of sp³-hybridized carbons (Fsp3) is 0.619. The van der Waals surface area contributed by atoms with Crippen molar-refractivity contribution in [2.75, 3.05) is 0 Å². The maximum Gasteiger partial charge on any atom is 0.243 e. The molecule has 2 amide bonds. The van der Waals surface area contributed by atoms with Crippen molar-refractivity contribution in [3.63, 3.8) is 0 Å². The van der Waals surface area contributed by atoms with Gasteiger partial charge in [-0.1, -0.05) is 23.2 Å². The van der Waals surface area contributed by atoms with E-state index in [1.807, 2.05) is 0 Å². The van der Waals surface area contributed by atoms with Crippen molar-refractivity contribution in [2.24, 2.45) is 28.9 Å². The number of nitrogens with one attached hydrogen (secondary N) is 2. The lowest BCUT2D eigenvalue weighted by molar-refractivity contribution is -0.148. The van der Waals surface area contributed by atoms with Crippen LogP contribution in [0.25, 0.3) is 0 Å². The number of primary amides is 1. The average molecular weight is 488 g/mol. The largest absolute Gasteiger partial charge is 0.369 e. The molecule has 4 aliphatic carbocycles. The lowest BCUT2D eigenvalue weighted by atomic mass is 9.47. The smallest absolute Gasteiger partial charge is 0.243 e. The molecular weight excluding hydrogens is 461 g/mol. The topological polar surface area (TPSA) is 118 Å². The Hall–Kier alpha value is -1.35. The van der Waals surface area contributed by atoms with E-state index in [9.17, 15) is 18.0 Å². The van der Waals surface area contributed by atoms with Gasteiger partial charge < -0.3 is 11.1 Å². The van der Waals surface area contributed by atoms with Crippen LogP contribution < -0.4 is 15.8 Å². The maximum atomic E-state index is 13.1. The summed E-state index contributed by atoms with van der Waals surface area (Å²) in [5, 5.41) is 3.38. The van der Waals surface area contributed by atoms with Crippen LogP contribution in [0.3, 0.4) is 0 Å². The molecule has 1 aromatic rings. The Balaban J connectivity index is 1.49. The van der Waals surface area contributed by atoms with Crippen LogP contribution in [0, 0.1) is 23.2 Å². The standard InChI is InChI=1S/C21H27Cl2N3O4S/c1-20(2,26-31(29,30)16-4-3-14(22)7-15(16)23)19(28)25-17-12-5-11-6-13(17)10-21(8-11,9-12)18(24)27/h3-4,7,11-13,17,26H,5-6,8-10H2,1-2H3,(H2,24,27)(H,25,28). The van der Waals surface area contributed by atoms with Crippen molar-refractivity contribution in [3.8, 4) is 0 Å². The predicted molar refractivity (Wildman–Crippen MR) is 118 cm³/mol. The third-order valence-corrected chi connectivity index (χ3v) is 9.61. The van der Waals surface area contributed by atoms with E-state index in [2.05, 4.69) is 10.0 Å². The number of hydrogen-bond acceptors (Lipinski definition) is 4. The lowest BCUT2D eigenvalue weighted by Crippen LogP contribution is -2.65. The van der Waals surface area contributed by atoms with E-state index in [-0.39, 0.29) is 33.7 Å². The van der Waals surface area contributed by atoms with E-state index >= 15 is 0 Å². The zero-order chi connectivity index (χ0) is 22.8. The predicted octanol–water partition coefficient (Wildman–Crippen LogP) is 2.85. The molecule has 7 nitrogen and oxygen atoms in total. The number of carbonyl (C=O) groups excluding carboxylic acids is 2. The first-order valence-corrected chi connectivity index (χ1v) is 12.7. The average Bonchev–Trinajstić information content (AvgIpc) is 2.62. The highest BCUT2D eigenvalue weighted by molar-refractivity contribution is 7.89. The van der Waals surface area contributed by atoms with Gasteiger partial charge in [0.05, 0.1) is 5.02 Å². The molecule has 0 saturated heterocycles. The van der Waals surface area contributed by atoms with Crippen molar-refractivity contribution in [2.45, 2.75) is 62.4 Å². The molecule has 0 spiro atoms. The summed E-state index contributed by atoms with van der Waals surface area (Å²) in [6.45, 7) is 3.04. The second kappa shape index (κ2) is 7.61. The SMILES string of the molecule is CC(C)(NS(=O)(=O)c1ccc(Cl)cc1Cl)C(=O)NC1C2CC3CC1CC(C(N)=O)(C3)C2. The number of rotatable bonds is 6. The Kier molecular flexibility index (Phi) is 5.60. The molecule has 2 unspecified atom stereocenters. The molecule has 5 rings (SSSR count). The van der Waals surface area contributed by atoms with E-state index < -0.39 is 26.9 Å². The van der Waals surface area contributed by atoms with Crippen molar-refractivity contribution >= 4 is 45.0 Å². The van der Waals surface area contributed by atoms with Gasteiger partial charge >= 0.3 is 0 Å². The van der Waals surface area contributed by atoms with Crippen LogP contribution in [0.5, 0.6) is 0 Å². The quantitative estimate of drug-likeness (QED) is 0.571. The molecule has 0 radical (unpaired) electrons. The summed E-state index contributed by atoms with van der Waals surface area (Å²) in [4.78, 5) is 25.1. The molecule has 10 heteroatoms. The fourth-order valence-corrected chi connectivity index (χ4v) is 8.17. The highest BCUT2D eigenvalue weighted by atomic mass is 35.5. The van der Waals surface area contributed by atoms with Gasteiger partial charge in [-0.3, -0.25) is 9.59 Å². The van der Waals surface area contributed by atoms with Gasteiger partial charge in [0.25, 0.3) is 0 Å². The molecule has 4 aliphatic rings. The summed E-state index contributed by atoms with van der Waals surface area (Å²) in [6.07, 6.45) is 4.15. The van der Waals surface area contributed by atoms with Crippen LogP contribution in [0.2, 0.25) is 10.0 Å². The van der Waals surface area contributed by atoms with Crippen LogP contribution in [0.4, 0.5) is 0 Å². The Labute approximate surface area is 192 Å². The zero-order valence-electron chi connectivity index (χ0n) is 17.5. The van der Waals surface area contributed by atoms with E-state index in [1.54, 1.807) is 0 Å². The molecule has 1 aromatic carbocycles. The Morgan fingerprint density at radius 3 is 2.29 bits per heavy atom. The van der Waals surface area contributed by atoms with E-state index in [4.69, 9.17) is 28.9 Å². The van der Waals surface area contributed by atoms with E-state index in [0.29, 0.717) is 23.8 Å². The van der Waals surface area contributed by atoms with Crippen LogP contribution in [-0.4, -0.2) is 31.8 Å². The first-order valence-electron chi connectivity index (χ1n) is 10.4. The summed E-state index contributed by atoms with van der Waals surface area (Å²) in [5.41, 5.74) is 3.88. The first kappa shape index (κ1) is 22.8. The fourth-order valence-electron chi connectivity index (χ4n) is 6.02. The minimum absolute atomic E-state index is 0.0194. The number of amides is 2. The van der Waals surface area contributed by atoms with Gasteiger partial charge in [0.1, 0.15) is 10.4 Å². The zero-order valence-corrected chi connectivity index (χ0v) is 19.8. The summed E-state index contributed by atoms with van der Waals surface area (Å²) in [7, 11) is -4.06. The molecular formula is C21H27Cl2N3O4S. The number of nitrogens with two attached hydrogens (primary N) is 1. The van der Waals surface area contributed by atoms with E-state index in [1.165, 1.54) is 32.0 Å². The number of benzene rings is 1. The van der Waals surface area contributed by atoms with Crippen LogP contribution in [-0.2, 0) is 19.6 Å². The molecule has 0 aromatic heterocycles. The Morgan fingerprint density at radius 2 is 1.74 bits per heavy atom. The lowest BCUT2D eigenvalue weighted by Gasteiger charge is -2.59. The molecule has 4 bridgehead atoms. The van der Waals surface area contributed by atoms with Gasteiger partial charge in [-0.15, -0.1) is 0 Å². The summed E-state index contributed by atoms with van der Waals surface area (Å²) < 4.78 is 28.2. The Morgan fingerprint density at radius 1 is 1.13 bits per heavy atom. The molecule has 2 atom stereocenters. The molecule has 4 fully saturated rings. The normalized spacial score (nSPS) is 32.1. The molecule has 0 heterocycles. The first-order chi connectivity index (χ1) is 14.3. The van der Waals surface area contributed by atoms with Gasteiger partial charge in [0.2, 0.25) is 21.8 Å². The molecule has 170 valence electrons. The van der Waals surface area contributed by atoms with E-state index in [0.717, 1.165) is 19.3 Å². The van der Waals surface area contributed by atoms with Gasteiger partial charge in [0.15, 0.2) is 0 Å². The second-order valence-electron chi connectivity index (χ2n) is 9.92. The number of carbonyl (C=O) groups is 2. The Bertz CT molecular complexity index is 1030. The second-order valence-corrected chi connectivity index (χ2v) is 12.4. The minimum Gasteiger partial charge on any atom is -0.369 e. The van der Waals surface area contributed by atoms with Crippen LogP contribution in [0.1, 0.15) is 46.0 Å². The van der Waals surface area contributed by atoms with Gasteiger partial charge in [-0.2, -0.15) is 4.72 Å². The van der Waals surface area contributed by atoms with Gasteiger partial charge in [-0.05, 0) is 81.9 Å². The maximum absolute atomic E-state index is 13.1. The molecule has 0 aliphatic heterocycles.